The van der Waals surface area contributed by atoms with E-state index in [4.69, 9.17) is 14.6 Å². The molecule has 1 aliphatic heterocycles. The number of ether oxygens (including phenoxy) is 2. The van der Waals surface area contributed by atoms with Crippen LogP contribution in [0.2, 0.25) is 0 Å². The Morgan fingerprint density at radius 3 is 2.40 bits per heavy atom. The first-order valence-corrected chi connectivity index (χ1v) is 9.76. The molecule has 0 amide bonds. The highest BCUT2D eigenvalue weighted by molar-refractivity contribution is 6.01. The highest BCUT2D eigenvalue weighted by Crippen LogP contribution is 2.39. The number of rotatable bonds is 6. The standard InChI is InChI=1S/C25H23FN2O2/c1-29-24-12-5-3-8-18(24)14-15-20-17-23(22-11-4-6-13-25(22)30-2)28(27-20)21-10-7-9-19(26)16-21/h3-16,23H,17H2,1-2H3/b15-14-/t23-/m0/s1. The molecule has 0 bridgehead atoms. The minimum atomic E-state index is -0.292. The number of allylic oxidation sites excluding steroid dienone is 1. The summed E-state index contributed by atoms with van der Waals surface area (Å²) in [4.78, 5) is 0. The van der Waals surface area contributed by atoms with E-state index in [1.807, 2.05) is 71.8 Å². The van der Waals surface area contributed by atoms with Gasteiger partial charge in [-0.25, -0.2) is 4.39 Å². The van der Waals surface area contributed by atoms with Crippen LogP contribution in [0.5, 0.6) is 11.5 Å². The minimum absolute atomic E-state index is 0.0970. The van der Waals surface area contributed by atoms with Gasteiger partial charge in [0.15, 0.2) is 0 Å². The summed E-state index contributed by atoms with van der Waals surface area (Å²) >= 11 is 0. The van der Waals surface area contributed by atoms with E-state index in [0.29, 0.717) is 12.1 Å². The van der Waals surface area contributed by atoms with Crippen molar-refractivity contribution < 1.29 is 13.9 Å². The lowest BCUT2D eigenvalue weighted by molar-refractivity contribution is 0.405. The summed E-state index contributed by atoms with van der Waals surface area (Å²) in [6.45, 7) is 0. The van der Waals surface area contributed by atoms with Gasteiger partial charge < -0.3 is 9.47 Å². The smallest absolute Gasteiger partial charge is 0.126 e. The Morgan fingerprint density at radius 1 is 0.900 bits per heavy atom. The molecular weight excluding hydrogens is 379 g/mol. The summed E-state index contributed by atoms with van der Waals surface area (Å²) in [6.07, 6.45) is 4.65. The topological polar surface area (TPSA) is 34.1 Å². The maximum atomic E-state index is 13.9. The van der Waals surface area contributed by atoms with Crippen molar-refractivity contribution in [1.29, 1.82) is 0 Å². The van der Waals surface area contributed by atoms with Crippen LogP contribution < -0.4 is 14.5 Å². The molecule has 0 aliphatic carbocycles. The van der Waals surface area contributed by atoms with Crippen LogP contribution in [0, 0.1) is 5.82 Å². The molecule has 1 heterocycles. The van der Waals surface area contributed by atoms with Gasteiger partial charge in [0.2, 0.25) is 0 Å². The number of methoxy groups -OCH3 is 2. The number of hydrogen-bond donors (Lipinski definition) is 0. The molecule has 1 atom stereocenters. The first-order valence-electron chi connectivity index (χ1n) is 9.76. The van der Waals surface area contributed by atoms with Gasteiger partial charge in [-0.05, 0) is 42.5 Å². The van der Waals surface area contributed by atoms with Crippen LogP contribution in [0.15, 0.2) is 84.0 Å². The third kappa shape index (κ3) is 4.06. The molecular formula is C25H23FN2O2. The summed E-state index contributed by atoms with van der Waals surface area (Å²) in [5, 5.41) is 6.67. The van der Waals surface area contributed by atoms with Gasteiger partial charge in [0.25, 0.3) is 0 Å². The van der Waals surface area contributed by atoms with E-state index in [1.165, 1.54) is 12.1 Å². The lowest BCUT2D eigenvalue weighted by Crippen LogP contribution is -2.19. The van der Waals surface area contributed by atoms with Gasteiger partial charge in [0.05, 0.1) is 31.7 Å². The van der Waals surface area contributed by atoms with Crippen molar-refractivity contribution in [2.24, 2.45) is 5.10 Å². The van der Waals surface area contributed by atoms with Gasteiger partial charge >= 0.3 is 0 Å². The summed E-state index contributed by atoms with van der Waals surface area (Å²) < 4.78 is 24.9. The van der Waals surface area contributed by atoms with Crippen LogP contribution in [0.25, 0.3) is 6.08 Å². The first kappa shape index (κ1) is 19.7. The quantitative estimate of drug-likeness (QED) is 0.518. The first-order chi connectivity index (χ1) is 14.7. The van der Waals surface area contributed by atoms with Gasteiger partial charge in [0, 0.05) is 17.5 Å². The number of hydrazone groups is 1. The largest absolute Gasteiger partial charge is 0.496 e. The summed E-state index contributed by atoms with van der Waals surface area (Å²) in [5.41, 5.74) is 3.57. The molecule has 3 aromatic carbocycles. The molecule has 5 heteroatoms. The number of hydrogen-bond acceptors (Lipinski definition) is 4. The summed E-state index contributed by atoms with van der Waals surface area (Å²) in [7, 11) is 3.31. The van der Waals surface area contributed by atoms with E-state index in [9.17, 15) is 4.39 Å². The SMILES string of the molecule is COc1ccccc1/C=C\C1=NN(c2cccc(F)c2)[C@H](c2ccccc2OC)C1. The second-order valence-corrected chi connectivity index (χ2v) is 6.95. The zero-order valence-electron chi connectivity index (χ0n) is 17.0. The highest BCUT2D eigenvalue weighted by Gasteiger charge is 2.30. The molecule has 4 rings (SSSR count). The van der Waals surface area contributed by atoms with Crippen molar-refractivity contribution in [3.8, 4) is 11.5 Å². The third-order valence-corrected chi connectivity index (χ3v) is 5.10. The van der Waals surface area contributed by atoms with Crippen LogP contribution >= 0.6 is 0 Å². The molecule has 0 aromatic heterocycles. The summed E-state index contributed by atoms with van der Waals surface area (Å²) in [5.74, 6) is 1.30. The predicted molar refractivity (Wildman–Crippen MR) is 119 cm³/mol. The van der Waals surface area contributed by atoms with E-state index < -0.39 is 0 Å². The molecule has 0 N–H and O–H groups in total. The van der Waals surface area contributed by atoms with E-state index in [0.717, 1.165) is 28.3 Å². The molecule has 4 nitrogen and oxygen atoms in total. The lowest BCUT2D eigenvalue weighted by atomic mass is 9.99. The Morgan fingerprint density at radius 2 is 1.63 bits per heavy atom. The van der Waals surface area contributed by atoms with Gasteiger partial charge in [0.1, 0.15) is 17.3 Å². The number of nitrogens with zero attached hydrogens (tertiary/aromatic N) is 2. The van der Waals surface area contributed by atoms with Crippen molar-refractivity contribution in [3.63, 3.8) is 0 Å². The van der Waals surface area contributed by atoms with Crippen LogP contribution in [-0.4, -0.2) is 19.9 Å². The number of para-hydroxylation sites is 2. The zero-order valence-corrected chi connectivity index (χ0v) is 17.0. The third-order valence-electron chi connectivity index (χ3n) is 5.10. The second kappa shape index (κ2) is 8.82. The number of anilines is 1. The van der Waals surface area contributed by atoms with Crippen LogP contribution in [0.1, 0.15) is 23.6 Å². The van der Waals surface area contributed by atoms with Crippen LogP contribution in [0.4, 0.5) is 10.1 Å². The summed E-state index contributed by atoms with van der Waals surface area (Å²) in [6, 6.07) is 22.1. The molecule has 152 valence electrons. The van der Waals surface area contributed by atoms with Crippen molar-refractivity contribution in [1.82, 2.24) is 0 Å². The maximum absolute atomic E-state index is 13.9. The molecule has 0 fully saturated rings. The van der Waals surface area contributed by atoms with Crippen LogP contribution in [0.3, 0.4) is 0 Å². The Hall–Kier alpha value is -3.60. The average molecular weight is 402 g/mol. The monoisotopic (exact) mass is 402 g/mol. The molecule has 0 saturated carbocycles. The Kier molecular flexibility index (Phi) is 5.80. The normalized spacial score (nSPS) is 16.0. The lowest BCUT2D eigenvalue weighted by Gasteiger charge is -2.25. The second-order valence-electron chi connectivity index (χ2n) is 6.95. The van der Waals surface area contributed by atoms with Gasteiger partial charge in [-0.1, -0.05) is 42.5 Å². The van der Waals surface area contributed by atoms with Gasteiger partial charge in [-0.3, -0.25) is 5.01 Å². The zero-order chi connectivity index (χ0) is 20.9. The Labute approximate surface area is 175 Å². The van der Waals surface area contributed by atoms with E-state index in [1.54, 1.807) is 20.3 Å². The van der Waals surface area contributed by atoms with Gasteiger partial charge in [-0.15, -0.1) is 0 Å². The van der Waals surface area contributed by atoms with Gasteiger partial charge in [-0.2, -0.15) is 5.10 Å². The number of benzene rings is 3. The molecule has 0 radical (unpaired) electrons. The molecule has 0 spiro atoms. The molecule has 1 aliphatic rings. The molecule has 30 heavy (non-hydrogen) atoms. The fourth-order valence-corrected chi connectivity index (χ4v) is 3.66. The van der Waals surface area contributed by atoms with Crippen molar-refractivity contribution in [2.45, 2.75) is 12.5 Å². The Balaban J connectivity index is 1.71. The molecule has 3 aromatic rings. The maximum Gasteiger partial charge on any atom is 0.126 e. The molecule has 0 saturated heterocycles. The van der Waals surface area contributed by atoms with Crippen molar-refractivity contribution in [3.05, 3.63) is 95.8 Å². The minimum Gasteiger partial charge on any atom is -0.496 e. The molecule has 0 unspecified atom stereocenters. The van der Waals surface area contributed by atoms with E-state index >= 15 is 0 Å². The fraction of sp³-hybridized carbons (Fsp3) is 0.160. The average Bonchev–Trinajstić information content (AvgIpc) is 3.22. The van der Waals surface area contributed by atoms with Crippen molar-refractivity contribution in [2.75, 3.05) is 19.2 Å². The fourth-order valence-electron chi connectivity index (χ4n) is 3.66. The number of halogens is 1. The predicted octanol–water partition coefficient (Wildman–Crippen LogP) is 5.86. The van der Waals surface area contributed by atoms with E-state index in [-0.39, 0.29) is 11.9 Å². The highest BCUT2D eigenvalue weighted by atomic mass is 19.1. The van der Waals surface area contributed by atoms with E-state index in [2.05, 4.69) is 0 Å². The Bertz CT molecular complexity index is 1090. The van der Waals surface area contributed by atoms with Crippen molar-refractivity contribution >= 4 is 17.5 Å². The van der Waals surface area contributed by atoms with Crippen LogP contribution in [-0.2, 0) is 0 Å².